The molecule has 1 rings (SSSR count). The van der Waals surface area contributed by atoms with Crippen molar-refractivity contribution in [2.24, 2.45) is 0 Å². The van der Waals surface area contributed by atoms with Gasteiger partial charge in [0, 0.05) is 18.8 Å². The molecule has 2 nitrogen and oxygen atoms in total. The van der Waals surface area contributed by atoms with Gasteiger partial charge in [-0.05, 0) is 45.5 Å². The van der Waals surface area contributed by atoms with Crippen LogP contribution < -0.4 is 10.2 Å². The molecule has 0 spiro atoms. The number of unbranched alkanes of at least 4 members (excludes halogenated alkanes) is 3. The maximum Gasteiger partial charge on any atom is 0.0366 e. The SMILES string of the molecule is CCN(CCCCCCNC)c1ccccc1. The van der Waals surface area contributed by atoms with Crippen LogP contribution in [0.15, 0.2) is 30.3 Å². The largest absolute Gasteiger partial charge is 0.372 e. The Morgan fingerprint density at radius 3 is 2.35 bits per heavy atom. The molecule has 1 aromatic rings. The first kappa shape index (κ1) is 14.0. The van der Waals surface area contributed by atoms with Crippen molar-refractivity contribution >= 4 is 5.69 Å². The molecule has 0 aliphatic rings. The molecule has 0 bridgehead atoms. The zero-order chi connectivity index (χ0) is 12.3. The second-order valence-electron chi connectivity index (χ2n) is 4.43. The molecule has 0 saturated heterocycles. The summed E-state index contributed by atoms with van der Waals surface area (Å²) in [7, 11) is 2.02. The third-order valence-corrected chi connectivity index (χ3v) is 3.11. The Labute approximate surface area is 106 Å². The Balaban J connectivity index is 2.20. The van der Waals surface area contributed by atoms with Crippen LogP contribution in [0.2, 0.25) is 0 Å². The van der Waals surface area contributed by atoms with Gasteiger partial charge in [-0.3, -0.25) is 0 Å². The van der Waals surface area contributed by atoms with E-state index in [1.165, 1.54) is 37.9 Å². The highest BCUT2D eigenvalue weighted by Gasteiger charge is 2.02. The third-order valence-electron chi connectivity index (χ3n) is 3.11. The molecule has 0 heterocycles. The lowest BCUT2D eigenvalue weighted by molar-refractivity contribution is 0.609. The molecule has 0 aliphatic carbocycles. The number of nitrogens with one attached hydrogen (secondary N) is 1. The molecular formula is C15H26N2. The zero-order valence-electron chi connectivity index (χ0n) is 11.3. The normalized spacial score (nSPS) is 10.5. The number of rotatable bonds is 9. The maximum absolute atomic E-state index is 3.19. The summed E-state index contributed by atoms with van der Waals surface area (Å²) in [5.41, 5.74) is 1.35. The lowest BCUT2D eigenvalue weighted by atomic mass is 10.2. The van der Waals surface area contributed by atoms with Gasteiger partial charge in [0.1, 0.15) is 0 Å². The summed E-state index contributed by atoms with van der Waals surface area (Å²) in [4.78, 5) is 2.46. The highest BCUT2D eigenvalue weighted by atomic mass is 15.1. The van der Waals surface area contributed by atoms with Gasteiger partial charge >= 0.3 is 0 Å². The molecule has 0 saturated carbocycles. The van der Waals surface area contributed by atoms with Gasteiger partial charge in [-0.15, -0.1) is 0 Å². The van der Waals surface area contributed by atoms with Gasteiger partial charge in [-0.25, -0.2) is 0 Å². The van der Waals surface area contributed by atoms with E-state index in [0.717, 1.165) is 13.1 Å². The first-order valence-corrected chi connectivity index (χ1v) is 6.83. The van der Waals surface area contributed by atoms with Crippen LogP contribution in [-0.2, 0) is 0 Å². The predicted octanol–water partition coefficient (Wildman–Crippen LogP) is 3.29. The molecule has 96 valence electrons. The van der Waals surface area contributed by atoms with Gasteiger partial charge in [0.2, 0.25) is 0 Å². The molecule has 0 radical (unpaired) electrons. The van der Waals surface area contributed by atoms with Crippen LogP contribution >= 0.6 is 0 Å². The lowest BCUT2D eigenvalue weighted by Crippen LogP contribution is -2.23. The van der Waals surface area contributed by atoms with Gasteiger partial charge in [0.25, 0.3) is 0 Å². The number of hydrogen-bond donors (Lipinski definition) is 1. The topological polar surface area (TPSA) is 15.3 Å². The number of para-hydroxylation sites is 1. The van der Waals surface area contributed by atoms with Crippen molar-refractivity contribution < 1.29 is 0 Å². The average molecular weight is 234 g/mol. The fraction of sp³-hybridized carbons (Fsp3) is 0.600. The van der Waals surface area contributed by atoms with Gasteiger partial charge in [0.05, 0.1) is 0 Å². The smallest absolute Gasteiger partial charge is 0.0366 e. The van der Waals surface area contributed by atoms with Crippen molar-refractivity contribution in [1.82, 2.24) is 5.32 Å². The molecule has 0 amide bonds. The van der Waals surface area contributed by atoms with E-state index in [9.17, 15) is 0 Å². The summed E-state index contributed by atoms with van der Waals surface area (Å²) in [6.45, 7) is 5.66. The van der Waals surface area contributed by atoms with Crippen molar-refractivity contribution in [2.45, 2.75) is 32.6 Å². The van der Waals surface area contributed by atoms with Crippen LogP contribution in [0.3, 0.4) is 0 Å². The Kier molecular flexibility index (Phi) is 7.48. The monoisotopic (exact) mass is 234 g/mol. The van der Waals surface area contributed by atoms with E-state index in [-0.39, 0.29) is 0 Å². The van der Waals surface area contributed by atoms with E-state index in [4.69, 9.17) is 0 Å². The second-order valence-corrected chi connectivity index (χ2v) is 4.43. The molecule has 1 N–H and O–H groups in total. The minimum atomic E-state index is 1.10. The van der Waals surface area contributed by atoms with Crippen LogP contribution in [0.1, 0.15) is 32.6 Å². The first-order valence-electron chi connectivity index (χ1n) is 6.83. The van der Waals surface area contributed by atoms with E-state index in [1.807, 2.05) is 7.05 Å². The summed E-state index contributed by atoms with van der Waals surface area (Å²) in [6, 6.07) is 10.7. The zero-order valence-corrected chi connectivity index (χ0v) is 11.3. The Hall–Kier alpha value is -1.02. The fourth-order valence-corrected chi connectivity index (χ4v) is 2.07. The first-order chi connectivity index (χ1) is 8.38. The van der Waals surface area contributed by atoms with Gasteiger partial charge in [-0.2, -0.15) is 0 Å². The highest BCUT2D eigenvalue weighted by Crippen LogP contribution is 2.14. The summed E-state index contributed by atoms with van der Waals surface area (Å²) in [6.07, 6.45) is 5.28. The van der Waals surface area contributed by atoms with Gasteiger partial charge in [-0.1, -0.05) is 31.0 Å². The van der Waals surface area contributed by atoms with Crippen molar-refractivity contribution in [2.75, 3.05) is 31.6 Å². The van der Waals surface area contributed by atoms with E-state index in [2.05, 4.69) is 47.5 Å². The van der Waals surface area contributed by atoms with E-state index < -0.39 is 0 Å². The summed E-state index contributed by atoms with van der Waals surface area (Å²) >= 11 is 0. The van der Waals surface area contributed by atoms with Crippen LogP contribution in [0.25, 0.3) is 0 Å². The van der Waals surface area contributed by atoms with E-state index in [1.54, 1.807) is 0 Å². The van der Waals surface area contributed by atoms with Gasteiger partial charge in [0.15, 0.2) is 0 Å². The van der Waals surface area contributed by atoms with E-state index >= 15 is 0 Å². The quantitative estimate of drug-likeness (QED) is 0.660. The number of nitrogens with zero attached hydrogens (tertiary/aromatic N) is 1. The summed E-state index contributed by atoms with van der Waals surface area (Å²) in [5, 5.41) is 3.19. The standard InChI is InChI=1S/C15H26N2/c1-3-17(15-11-7-6-8-12-15)14-10-5-4-9-13-16-2/h6-8,11-12,16H,3-5,9-10,13-14H2,1-2H3. The summed E-state index contributed by atoms with van der Waals surface area (Å²) < 4.78 is 0. The highest BCUT2D eigenvalue weighted by molar-refractivity contribution is 5.45. The van der Waals surface area contributed by atoms with Crippen LogP contribution in [0.4, 0.5) is 5.69 Å². The molecule has 1 aromatic carbocycles. The molecule has 2 heteroatoms. The Morgan fingerprint density at radius 1 is 1.00 bits per heavy atom. The molecular weight excluding hydrogens is 208 g/mol. The van der Waals surface area contributed by atoms with Crippen molar-refractivity contribution in [3.8, 4) is 0 Å². The molecule has 0 unspecified atom stereocenters. The van der Waals surface area contributed by atoms with Gasteiger partial charge < -0.3 is 10.2 Å². The molecule has 17 heavy (non-hydrogen) atoms. The average Bonchev–Trinajstić information content (AvgIpc) is 2.39. The van der Waals surface area contributed by atoms with Crippen LogP contribution in [0.5, 0.6) is 0 Å². The summed E-state index contributed by atoms with van der Waals surface area (Å²) in [5.74, 6) is 0. The minimum Gasteiger partial charge on any atom is -0.372 e. The third kappa shape index (κ3) is 5.73. The molecule has 0 fully saturated rings. The second kappa shape index (κ2) is 9.06. The fourth-order valence-electron chi connectivity index (χ4n) is 2.07. The Morgan fingerprint density at radius 2 is 1.71 bits per heavy atom. The minimum absolute atomic E-state index is 1.10. The number of anilines is 1. The Bertz CT molecular complexity index is 272. The van der Waals surface area contributed by atoms with Crippen molar-refractivity contribution in [3.05, 3.63) is 30.3 Å². The van der Waals surface area contributed by atoms with Crippen molar-refractivity contribution in [1.29, 1.82) is 0 Å². The van der Waals surface area contributed by atoms with Crippen molar-refractivity contribution in [3.63, 3.8) is 0 Å². The van der Waals surface area contributed by atoms with Crippen LogP contribution in [-0.4, -0.2) is 26.7 Å². The van der Waals surface area contributed by atoms with Crippen LogP contribution in [0, 0.1) is 0 Å². The molecule has 0 aromatic heterocycles. The van der Waals surface area contributed by atoms with E-state index in [0.29, 0.717) is 0 Å². The predicted molar refractivity (Wildman–Crippen MR) is 76.7 cm³/mol. The number of hydrogen-bond acceptors (Lipinski definition) is 2. The molecule has 0 aliphatic heterocycles. The molecule has 0 atom stereocenters. The lowest BCUT2D eigenvalue weighted by Gasteiger charge is -2.23. The maximum atomic E-state index is 3.19. The number of benzene rings is 1.